The van der Waals surface area contributed by atoms with E-state index in [4.69, 9.17) is 14.6 Å². The Morgan fingerprint density at radius 1 is 1.19 bits per heavy atom. The molecule has 194 valence electrons. The van der Waals surface area contributed by atoms with E-state index < -0.39 is 0 Å². The fourth-order valence-corrected chi connectivity index (χ4v) is 4.67. The molecule has 1 fully saturated rings. The standard InChI is InChI=1S/C27H38N6O3/c1-17(2)18-10-11-28-25(13-18)36-21-9-8-19(12-21)22-15-24(33(31-22)27(3,4)5)29-26(34)23-14-20(16-35-7)30-32(23)6/h10-11,13-15,17,19,21H,8-9,12,16H2,1-7H3,(H,29,34)/t19-,21+/m0/s1. The van der Waals surface area contributed by atoms with Gasteiger partial charge in [-0.15, -0.1) is 0 Å². The monoisotopic (exact) mass is 494 g/mol. The van der Waals surface area contributed by atoms with E-state index in [1.165, 1.54) is 5.56 Å². The van der Waals surface area contributed by atoms with Gasteiger partial charge in [0.25, 0.3) is 5.91 Å². The maximum atomic E-state index is 13.1. The van der Waals surface area contributed by atoms with Gasteiger partial charge in [0.05, 0.1) is 23.5 Å². The van der Waals surface area contributed by atoms with Gasteiger partial charge in [-0.3, -0.25) is 9.48 Å². The Balaban J connectivity index is 1.49. The van der Waals surface area contributed by atoms with E-state index in [0.717, 1.165) is 25.0 Å². The molecule has 3 aromatic rings. The molecule has 0 bridgehead atoms. The Bertz CT molecular complexity index is 1210. The topological polar surface area (TPSA) is 96.1 Å². The molecule has 3 aromatic heterocycles. The maximum absolute atomic E-state index is 13.1. The quantitative estimate of drug-likeness (QED) is 0.473. The average molecular weight is 495 g/mol. The van der Waals surface area contributed by atoms with Gasteiger partial charge in [-0.25, -0.2) is 9.67 Å². The molecule has 1 saturated carbocycles. The number of anilines is 1. The van der Waals surface area contributed by atoms with Crippen molar-refractivity contribution in [3.63, 3.8) is 0 Å². The predicted octanol–water partition coefficient (Wildman–Crippen LogP) is 5.00. The van der Waals surface area contributed by atoms with Crippen molar-refractivity contribution < 1.29 is 14.3 Å². The van der Waals surface area contributed by atoms with Gasteiger partial charge in [0.15, 0.2) is 0 Å². The summed E-state index contributed by atoms with van der Waals surface area (Å²) in [6.07, 6.45) is 4.70. The summed E-state index contributed by atoms with van der Waals surface area (Å²) < 4.78 is 14.9. The molecule has 36 heavy (non-hydrogen) atoms. The third-order valence-electron chi connectivity index (χ3n) is 6.58. The fourth-order valence-electron chi connectivity index (χ4n) is 4.67. The molecule has 9 nitrogen and oxygen atoms in total. The minimum Gasteiger partial charge on any atom is -0.474 e. The molecule has 3 heterocycles. The molecule has 0 unspecified atom stereocenters. The normalized spacial score (nSPS) is 18.1. The van der Waals surface area contributed by atoms with Crippen LogP contribution in [0.3, 0.4) is 0 Å². The van der Waals surface area contributed by atoms with Crippen LogP contribution in [-0.2, 0) is 23.9 Å². The molecule has 0 aliphatic heterocycles. The van der Waals surface area contributed by atoms with E-state index in [1.807, 2.05) is 29.1 Å². The largest absolute Gasteiger partial charge is 0.474 e. The lowest BCUT2D eigenvalue weighted by atomic mass is 10.0. The van der Waals surface area contributed by atoms with Crippen molar-refractivity contribution in [3.8, 4) is 5.88 Å². The van der Waals surface area contributed by atoms with Gasteiger partial charge in [-0.2, -0.15) is 10.2 Å². The summed E-state index contributed by atoms with van der Waals surface area (Å²) in [5.74, 6) is 1.82. The molecule has 1 N–H and O–H groups in total. The van der Waals surface area contributed by atoms with Gasteiger partial charge in [-0.1, -0.05) is 13.8 Å². The van der Waals surface area contributed by atoms with E-state index in [0.29, 0.717) is 35.6 Å². The third-order valence-corrected chi connectivity index (χ3v) is 6.58. The lowest BCUT2D eigenvalue weighted by molar-refractivity contribution is 0.101. The number of hydrogen-bond acceptors (Lipinski definition) is 6. The number of nitrogens with one attached hydrogen (secondary N) is 1. The van der Waals surface area contributed by atoms with Gasteiger partial charge in [0, 0.05) is 38.4 Å². The van der Waals surface area contributed by atoms with Gasteiger partial charge < -0.3 is 14.8 Å². The van der Waals surface area contributed by atoms with Crippen LogP contribution >= 0.6 is 0 Å². The first-order chi connectivity index (χ1) is 17.0. The number of amides is 1. The molecule has 1 aliphatic carbocycles. The molecule has 9 heteroatoms. The molecular formula is C27H38N6O3. The van der Waals surface area contributed by atoms with Crippen molar-refractivity contribution in [1.29, 1.82) is 0 Å². The number of aryl methyl sites for hydroxylation is 1. The van der Waals surface area contributed by atoms with Crippen LogP contribution < -0.4 is 10.1 Å². The molecule has 1 aliphatic rings. The number of ether oxygens (including phenoxy) is 2. The molecule has 0 radical (unpaired) electrons. The average Bonchev–Trinajstić information content (AvgIpc) is 3.52. The molecule has 0 aromatic carbocycles. The van der Waals surface area contributed by atoms with Crippen LogP contribution in [0.1, 0.15) is 93.2 Å². The van der Waals surface area contributed by atoms with Gasteiger partial charge in [-0.05, 0) is 63.6 Å². The van der Waals surface area contributed by atoms with Crippen LogP contribution in [0.2, 0.25) is 0 Å². The predicted molar refractivity (Wildman–Crippen MR) is 138 cm³/mol. The summed E-state index contributed by atoms with van der Waals surface area (Å²) in [7, 11) is 3.36. The van der Waals surface area contributed by atoms with Crippen molar-refractivity contribution in [1.82, 2.24) is 24.5 Å². The first kappa shape index (κ1) is 25.9. The number of carbonyl (C=O) groups excluding carboxylic acids is 1. The highest BCUT2D eigenvalue weighted by Gasteiger charge is 2.32. The molecule has 0 saturated heterocycles. The SMILES string of the molecule is COCc1cc(C(=O)Nc2cc([C@H]3CC[C@@H](Oc4cc(C(C)C)ccn4)C3)nn2C(C)(C)C)n(C)n1. The van der Waals surface area contributed by atoms with Crippen molar-refractivity contribution in [2.24, 2.45) is 7.05 Å². The lowest BCUT2D eigenvalue weighted by Crippen LogP contribution is -2.27. The second-order valence-electron chi connectivity index (χ2n) is 10.9. The van der Waals surface area contributed by atoms with Crippen LogP contribution in [0, 0.1) is 0 Å². The van der Waals surface area contributed by atoms with Crippen LogP contribution in [-0.4, -0.2) is 43.7 Å². The van der Waals surface area contributed by atoms with Crippen LogP contribution in [0.15, 0.2) is 30.5 Å². The first-order valence-corrected chi connectivity index (χ1v) is 12.6. The van der Waals surface area contributed by atoms with Crippen molar-refractivity contribution in [3.05, 3.63) is 53.1 Å². The minimum absolute atomic E-state index is 0.0939. The van der Waals surface area contributed by atoms with E-state index in [9.17, 15) is 4.79 Å². The van der Waals surface area contributed by atoms with E-state index in [-0.39, 0.29) is 23.5 Å². The van der Waals surface area contributed by atoms with E-state index in [1.54, 1.807) is 24.9 Å². The number of aromatic nitrogens is 5. The lowest BCUT2D eigenvalue weighted by Gasteiger charge is -2.22. The van der Waals surface area contributed by atoms with Gasteiger partial charge in [0.2, 0.25) is 5.88 Å². The Labute approximate surface area is 213 Å². The van der Waals surface area contributed by atoms with Crippen LogP contribution in [0.5, 0.6) is 5.88 Å². The van der Waals surface area contributed by atoms with E-state index in [2.05, 4.69) is 50.0 Å². The van der Waals surface area contributed by atoms with Crippen molar-refractivity contribution >= 4 is 11.7 Å². The first-order valence-electron chi connectivity index (χ1n) is 12.6. The summed E-state index contributed by atoms with van der Waals surface area (Å²) in [6.45, 7) is 10.9. The summed E-state index contributed by atoms with van der Waals surface area (Å²) in [6, 6.07) is 7.82. The Hall–Kier alpha value is -3.20. The number of hydrogen-bond donors (Lipinski definition) is 1. The third kappa shape index (κ3) is 5.78. The Kier molecular flexibility index (Phi) is 7.49. The summed E-state index contributed by atoms with van der Waals surface area (Å²) >= 11 is 0. The highest BCUT2D eigenvalue weighted by Crippen LogP contribution is 2.38. The molecule has 4 rings (SSSR count). The number of methoxy groups -OCH3 is 1. The molecule has 0 spiro atoms. The second kappa shape index (κ2) is 10.4. The number of carbonyl (C=O) groups is 1. The molecule has 2 atom stereocenters. The number of nitrogens with zero attached hydrogens (tertiary/aromatic N) is 5. The summed E-state index contributed by atoms with van der Waals surface area (Å²) in [4.78, 5) is 17.5. The molecule has 1 amide bonds. The Morgan fingerprint density at radius 2 is 1.97 bits per heavy atom. The number of rotatable bonds is 8. The highest BCUT2D eigenvalue weighted by molar-refractivity contribution is 6.02. The van der Waals surface area contributed by atoms with Crippen molar-refractivity contribution in [2.75, 3.05) is 12.4 Å². The minimum atomic E-state index is -0.301. The second-order valence-corrected chi connectivity index (χ2v) is 10.9. The Morgan fingerprint density at radius 3 is 2.67 bits per heavy atom. The number of pyridine rings is 1. The van der Waals surface area contributed by atoms with Crippen LogP contribution in [0.25, 0.3) is 0 Å². The summed E-state index contributed by atoms with van der Waals surface area (Å²) in [5.41, 5.74) is 3.07. The fraction of sp³-hybridized carbons (Fsp3) is 0.556. The zero-order valence-electron chi connectivity index (χ0n) is 22.4. The van der Waals surface area contributed by atoms with E-state index >= 15 is 0 Å². The van der Waals surface area contributed by atoms with Gasteiger partial charge in [0.1, 0.15) is 17.6 Å². The zero-order chi connectivity index (χ0) is 26.0. The maximum Gasteiger partial charge on any atom is 0.275 e. The van der Waals surface area contributed by atoms with Gasteiger partial charge >= 0.3 is 0 Å². The van der Waals surface area contributed by atoms with Crippen molar-refractivity contribution in [2.45, 2.75) is 84.0 Å². The molecular weight excluding hydrogens is 456 g/mol. The van der Waals surface area contributed by atoms with Crippen LogP contribution in [0.4, 0.5) is 5.82 Å². The highest BCUT2D eigenvalue weighted by atomic mass is 16.5. The zero-order valence-corrected chi connectivity index (χ0v) is 22.4. The smallest absolute Gasteiger partial charge is 0.275 e. The summed E-state index contributed by atoms with van der Waals surface area (Å²) in [5, 5.41) is 12.3.